The SMILES string of the molecule is CC/C(C)=C(\N)c1nc(-c2ccc(SN3CC(C(F)(F)F)C3)cc2C)ccc1N. The van der Waals surface area contributed by atoms with Gasteiger partial charge in [-0.2, -0.15) is 13.2 Å². The molecule has 1 aliphatic heterocycles. The highest BCUT2D eigenvalue weighted by Gasteiger charge is 2.47. The van der Waals surface area contributed by atoms with Crippen LogP contribution in [0.3, 0.4) is 0 Å². The van der Waals surface area contributed by atoms with Crippen molar-refractivity contribution in [2.75, 3.05) is 18.8 Å². The normalized spacial score (nSPS) is 16.5. The van der Waals surface area contributed by atoms with E-state index in [-0.39, 0.29) is 13.1 Å². The summed E-state index contributed by atoms with van der Waals surface area (Å²) in [6.07, 6.45) is -3.30. The largest absolute Gasteiger partial charge is 0.397 e. The van der Waals surface area contributed by atoms with E-state index < -0.39 is 12.1 Å². The van der Waals surface area contributed by atoms with E-state index in [4.69, 9.17) is 11.5 Å². The second-order valence-electron chi connectivity index (χ2n) is 7.34. The van der Waals surface area contributed by atoms with Gasteiger partial charge < -0.3 is 11.5 Å². The summed E-state index contributed by atoms with van der Waals surface area (Å²) in [7, 11) is 0. The first-order valence-corrected chi connectivity index (χ1v) is 10.2. The summed E-state index contributed by atoms with van der Waals surface area (Å²) < 4.78 is 39.7. The van der Waals surface area contributed by atoms with Crippen molar-refractivity contribution in [2.24, 2.45) is 11.7 Å². The lowest BCUT2D eigenvalue weighted by atomic mass is 10.0. The highest BCUT2D eigenvalue weighted by molar-refractivity contribution is 7.97. The molecular weight excluding hydrogens is 397 g/mol. The van der Waals surface area contributed by atoms with Crippen molar-refractivity contribution >= 4 is 23.3 Å². The molecule has 8 heteroatoms. The maximum atomic E-state index is 12.6. The van der Waals surface area contributed by atoms with Crippen LogP contribution < -0.4 is 11.5 Å². The number of benzene rings is 1. The fourth-order valence-corrected chi connectivity index (χ4v) is 4.24. The van der Waals surface area contributed by atoms with Gasteiger partial charge in [0.2, 0.25) is 0 Å². The average Bonchev–Trinajstić information content (AvgIpc) is 2.63. The van der Waals surface area contributed by atoms with Crippen LogP contribution in [0.2, 0.25) is 0 Å². The number of pyridine rings is 1. The molecule has 0 spiro atoms. The Morgan fingerprint density at radius 2 is 1.93 bits per heavy atom. The quantitative estimate of drug-likeness (QED) is 0.645. The summed E-state index contributed by atoms with van der Waals surface area (Å²) in [4.78, 5) is 5.58. The maximum Gasteiger partial charge on any atom is 0.394 e. The highest BCUT2D eigenvalue weighted by atomic mass is 32.2. The minimum atomic E-state index is -4.11. The number of halogens is 3. The van der Waals surface area contributed by atoms with Crippen LogP contribution in [0.5, 0.6) is 0 Å². The van der Waals surface area contributed by atoms with Crippen LogP contribution in [0, 0.1) is 12.8 Å². The Morgan fingerprint density at radius 1 is 1.24 bits per heavy atom. The molecule has 1 aromatic heterocycles. The van der Waals surface area contributed by atoms with Crippen molar-refractivity contribution in [3.63, 3.8) is 0 Å². The minimum Gasteiger partial charge on any atom is -0.397 e. The smallest absolute Gasteiger partial charge is 0.394 e. The van der Waals surface area contributed by atoms with E-state index in [0.717, 1.165) is 33.7 Å². The molecule has 0 amide bonds. The van der Waals surface area contributed by atoms with Crippen LogP contribution in [0.25, 0.3) is 17.0 Å². The Bertz CT molecular complexity index is 934. The van der Waals surface area contributed by atoms with Crippen LogP contribution in [-0.4, -0.2) is 28.6 Å². The summed E-state index contributed by atoms with van der Waals surface area (Å²) >= 11 is 1.35. The van der Waals surface area contributed by atoms with Gasteiger partial charge in [0.1, 0.15) is 5.69 Å². The van der Waals surface area contributed by atoms with Gasteiger partial charge in [0.15, 0.2) is 0 Å². The van der Waals surface area contributed by atoms with E-state index in [2.05, 4.69) is 4.98 Å². The van der Waals surface area contributed by atoms with Crippen molar-refractivity contribution in [2.45, 2.75) is 38.3 Å². The first-order chi connectivity index (χ1) is 13.6. The van der Waals surface area contributed by atoms with Gasteiger partial charge in [-0.25, -0.2) is 9.29 Å². The minimum absolute atomic E-state index is 0.0280. The molecule has 156 valence electrons. The number of allylic oxidation sites excluding steroid dienone is 1. The highest BCUT2D eigenvalue weighted by Crippen LogP contribution is 2.39. The summed E-state index contributed by atoms with van der Waals surface area (Å²) in [6, 6.07) is 9.46. The number of nitrogens with two attached hydrogens (primary N) is 2. The van der Waals surface area contributed by atoms with E-state index in [1.54, 1.807) is 10.4 Å². The van der Waals surface area contributed by atoms with Crippen LogP contribution in [-0.2, 0) is 0 Å². The fraction of sp³-hybridized carbons (Fsp3) is 0.381. The third-order valence-electron chi connectivity index (χ3n) is 5.19. The molecule has 3 rings (SSSR count). The Hall–Kier alpha value is -2.19. The third-order valence-corrected chi connectivity index (χ3v) is 6.21. The summed E-state index contributed by atoms with van der Waals surface area (Å²) in [5.41, 5.74) is 17.7. The van der Waals surface area contributed by atoms with Crippen LogP contribution in [0.1, 0.15) is 31.5 Å². The number of aryl methyl sites for hydroxylation is 1. The van der Waals surface area contributed by atoms with Crippen molar-refractivity contribution in [3.05, 3.63) is 47.2 Å². The molecule has 1 aromatic carbocycles. The van der Waals surface area contributed by atoms with Crippen LogP contribution >= 0.6 is 11.9 Å². The number of hydrogen-bond acceptors (Lipinski definition) is 5. The molecular formula is C21H25F3N4S. The van der Waals surface area contributed by atoms with E-state index >= 15 is 0 Å². The number of nitrogens with zero attached hydrogens (tertiary/aromatic N) is 2. The molecule has 0 saturated carbocycles. The second-order valence-corrected chi connectivity index (χ2v) is 8.51. The number of rotatable bonds is 5. The molecule has 2 aromatic rings. The number of alkyl halides is 3. The molecule has 2 heterocycles. The molecule has 1 saturated heterocycles. The van der Waals surface area contributed by atoms with Gasteiger partial charge in [-0.15, -0.1) is 0 Å². The lowest BCUT2D eigenvalue weighted by molar-refractivity contribution is -0.197. The van der Waals surface area contributed by atoms with Gasteiger partial charge in [-0.1, -0.05) is 13.0 Å². The first kappa shape index (κ1) is 21.5. The Kier molecular flexibility index (Phi) is 6.14. The lowest BCUT2D eigenvalue weighted by Gasteiger charge is -2.38. The molecule has 1 fully saturated rings. The Balaban J connectivity index is 1.79. The maximum absolute atomic E-state index is 12.6. The molecule has 4 nitrogen and oxygen atoms in total. The van der Waals surface area contributed by atoms with Crippen molar-refractivity contribution in [3.8, 4) is 11.3 Å². The Morgan fingerprint density at radius 3 is 2.52 bits per heavy atom. The fourth-order valence-electron chi connectivity index (χ4n) is 3.08. The topological polar surface area (TPSA) is 68.2 Å². The van der Waals surface area contributed by atoms with Gasteiger partial charge in [-0.05, 0) is 67.6 Å². The van der Waals surface area contributed by atoms with Crippen molar-refractivity contribution in [1.82, 2.24) is 9.29 Å². The number of anilines is 1. The van der Waals surface area contributed by atoms with Crippen molar-refractivity contribution in [1.29, 1.82) is 0 Å². The molecule has 4 N–H and O–H groups in total. The predicted molar refractivity (Wildman–Crippen MR) is 113 cm³/mol. The molecule has 0 radical (unpaired) electrons. The number of hydrogen-bond donors (Lipinski definition) is 2. The van der Waals surface area contributed by atoms with Gasteiger partial charge in [0.25, 0.3) is 0 Å². The number of nitrogen functional groups attached to an aromatic ring is 1. The van der Waals surface area contributed by atoms with Gasteiger partial charge >= 0.3 is 6.18 Å². The monoisotopic (exact) mass is 422 g/mol. The standard InChI is InChI=1S/C21H25F3N4S/c1-4-12(2)19(26)20-17(25)7-8-18(27-20)16-6-5-15(9-13(16)3)29-28-10-14(11-28)21(22,23)24/h5-9,14H,4,10-11,25-26H2,1-3H3/b19-12-. The average molecular weight is 423 g/mol. The van der Waals surface area contributed by atoms with Gasteiger partial charge in [0, 0.05) is 23.5 Å². The van der Waals surface area contributed by atoms with Gasteiger partial charge in [0.05, 0.1) is 23.0 Å². The van der Waals surface area contributed by atoms with E-state index in [0.29, 0.717) is 17.1 Å². The molecule has 0 atom stereocenters. The first-order valence-electron chi connectivity index (χ1n) is 9.43. The molecule has 0 aliphatic carbocycles. The molecule has 29 heavy (non-hydrogen) atoms. The number of aromatic nitrogens is 1. The zero-order chi connectivity index (χ0) is 21.3. The van der Waals surface area contributed by atoms with Crippen LogP contribution in [0.4, 0.5) is 18.9 Å². The van der Waals surface area contributed by atoms with Gasteiger partial charge in [-0.3, -0.25) is 0 Å². The van der Waals surface area contributed by atoms with E-state index in [1.807, 2.05) is 45.0 Å². The zero-order valence-electron chi connectivity index (χ0n) is 16.7. The second kappa shape index (κ2) is 8.28. The van der Waals surface area contributed by atoms with E-state index in [1.165, 1.54) is 11.9 Å². The lowest BCUT2D eigenvalue weighted by Crippen LogP contribution is -2.49. The third kappa shape index (κ3) is 4.70. The van der Waals surface area contributed by atoms with Crippen molar-refractivity contribution < 1.29 is 13.2 Å². The summed E-state index contributed by atoms with van der Waals surface area (Å²) in [5, 5.41) is 0. The van der Waals surface area contributed by atoms with E-state index in [9.17, 15) is 13.2 Å². The molecule has 0 bridgehead atoms. The zero-order valence-corrected chi connectivity index (χ0v) is 17.5. The molecule has 0 unspecified atom stereocenters. The predicted octanol–water partition coefficient (Wildman–Crippen LogP) is 5.24. The summed E-state index contributed by atoms with van der Waals surface area (Å²) in [5.74, 6) is -1.22. The Labute approximate surface area is 173 Å². The van der Waals surface area contributed by atoms with Crippen LogP contribution in [0.15, 0.2) is 40.8 Å². The molecule has 1 aliphatic rings. The summed E-state index contributed by atoms with van der Waals surface area (Å²) in [6.45, 7) is 6.00.